The zero-order valence-electron chi connectivity index (χ0n) is 8.22. The Morgan fingerprint density at radius 1 is 1.42 bits per heavy atom. The molecule has 2 nitrogen and oxygen atoms in total. The minimum atomic E-state index is -1.02. The van der Waals surface area contributed by atoms with Crippen molar-refractivity contribution in [3.05, 3.63) is 0 Å². The molecular weight excluding hydrogens is 168 g/mol. The number of ether oxygens (including phenoxy) is 1. The number of ketones is 1. The van der Waals surface area contributed by atoms with Gasteiger partial charge in [0.2, 0.25) is 0 Å². The van der Waals surface area contributed by atoms with E-state index in [2.05, 4.69) is 13.1 Å². The first-order valence-electron chi connectivity index (χ1n) is 4.74. The van der Waals surface area contributed by atoms with Crippen molar-refractivity contribution >= 4 is 14.6 Å². The second kappa shape index (κ2) is 3.71. The number of carbonyl (C=O) groups excluding carboxylic acids is 1. The van der Waals surface area contributed by atoms with E-state index in [0.717, 1.165) is 25.9 Å². The number of carbonyl (C=O) groups is 1. The van der Waals surface area contributed by atoms with Crippen LogP contribution in [0.2, 0.25) is 13.1 Å². The molecule has 0 aromatic heterocycles. The van der Waals surface area contributed by atoms with Crippen molar-refractivity contribution in [1.82, 2.24) is 0 Å². The van der Waals surface area contributed by atoms with Crippen molar-refractivity contribution in [3.63, 3.8) is 0 Å². The quantitative estimate of drug-likeness (QED) is 0.612. The molecule has 12 heavy (non-hydrogen) atoms. The lowest BCUT2D eigenvalue weighted by atomic mass is 10.1. The van der Waals surface area contributed by atoms with E-state index in [1.807, 2.05) is 0 Å². The average molecular weight is 186 g/mol. The van der Waals surface area contributed by atoms with Crippen molar-refractivity contribution in [1.29, 1.82) is 0 Å². The van der Waals surface area contributed by atoms with Gasteiger partial charge in [-0.3, -0.25) is 4.79 Å². The highest BCUT2D eigenvalue weighted by molar-refractivity contribution is 6.64. The molecule has 0 aromatic carbocycles. The monoisotopic (exact) mass is 186 g/mol. The summed E-state index contributed by atoms with van der Waals surface area (Å²) in [6, 6.07) is 0. The van der Waals surface area contributed by atoms with Crippen molar-refractivity contribution < 1.29 is 9.53 Å². The second-order valence-electron chi connectivity index (χ2n) is 3.91. The van der Waals surface area contributed by atoms with E-state index < -0.39 is 8.80 Å². The van der Waals surface area contributed by atoms with E-state index in [9.17, 15) is 4.79 Å². The molecule has 1 fully saturated rings. The molecule has 0 saturated carbocycles. The van der Waals surface area contributed by atoms with Gasteiger partial charge in [0.05, 0.1) is 8.80 Å². The van der Waals surface area contributed by atoms with Crippen LogP contribution in [0.15, 0.2) is 0 Å². The summed E-state index contributed by atoms with van der Waals surface area (Å²) in [6.45, 7) is 6.86. The van der Waals surface area contributed by atoms with Crippen molar-refractivity contribution in [2.45, 2.75) is 44.5 Å². The minimum absolute atomic E-state index is 0.254. The summed E-state index contributed by atoms with van der Waals surface area (Å²) >= 11 is 0. The molecule has 70 valence electrons. The fraction of sp³-hybridized carbons (Fsp3) is 0.889. The number of Topliss-reactive ketones (excluding diaryl/α,β-unsaturated/α-hetero) is 1. The Bertz CT molecular complexity index is 171. The van der Waals surface area contributed by atoms with Crippen molar-refractivity contribution in [2.75, 3.05) is 6.61 Å². The molecule has 1 heterocycles. The molecule has 0 aromatic rings. The van der Waals surface area contributed by atoms with Gasteiger partial charge in [-0.15, -0.1) is 0 Å². The van der Waals surface area contributed by atoms with E-state index >= 15 is 0 Å². The molecule has 0 spiro atoms. The molecule has 1 aliphatic rings. The Kier molecular flexibility index (Phi) is 3.07. The summed E-state index contributed by atoms with van der Waals surface area (Å²) in [6.07, 6.45) is 3.24. The van der Waals surface area contributed by atoms with Gasteiger partial charge < -0.3 is 4.74 Å². The predicted octanol–water partition coefficient (Wildman–Crippen LogP) is 1.54. The van der Waals surface area contributed by atoms with E-state index in [1.54, 1.807) is 6.92 Å². The number of hydrogen-bond acceptors (Lipinski definition) is 2. The zero-order valence-corrected chi connectivity index (χ0v) is 9.38. The van der Waals surface area contributed by atoms with Gasteiger partial charge in [-0.1, -0.05) is 13.1 Å². The van der Waals surface area contributed by atoms with Crippen LogP contribution in [0.25, 0.3) is 0 Å². The first-order chi connectivity index (χ1) is 5.59. The lowest BCUT2D eigenvalue weighted by Crippen LogP contribution is -2.52. The molecular formula is C9H18O2Si. The highest BCUT2D eigenvalue weighted by Gasteiger charge is 2.41. The summed E-state index contributed by atoms with van der Waals surface area (Å²) in [5.74, 6) is 0.254. The second-order valence-corrected chi connectivity index (χ2v) is 7.15. The van der Waals surface area contributed by atoms with E-state index in [0.29, 0.717) is 0 Å². The lowest BCUT2D eigenvalue weighted by molar-refractivity contribution is -0.136. The normalized spacial score (nSPS) is 30.7. The molecule has 1 atom stereocenters. The standard InChI is InChI=1S/C9H18O2Si/c1-8(10)9(12(2)3)6-4-5-7-11-9/h12H,4-7H2,1-3H3. The third-order valence-electron chi connectivity index (χ3n) is 2.83. The smallest absolute Gasteiger partial charge is 0.157 e. The molecule has 0 amide bonds. The molecule has 0 aliphatic carbocycles. The van der Waals surface area contributed by atoms with Crippen molar-refractivity contribution in [2.24, 2.45) is 0 Å². The number of hydrogen-bond donors (Lipinski definition) is 0. The van der Waals surface area contributed by atoms with Crippen LogP contribution < -0.4 is 0 Å². The minimum Gasteiger partial charge on any atom is -0.371 e. The molecule has 0 bridgehead atoms. The van der Waals surface area contributed by atoms with E-state index in [4.69, 9.17) is 4.74 Å². The van der Waals surface area contributed by atoms with Crippen LogP contribution in [0, 0.1) is 0 Å². The van der Waals surface area contributed by atoms with Crippen LogP contribution >= 0.6 is 0 Å². The molecule has 0 N–H and O–H groups in total. The predicted molar refractivity (Wildman–Crippen MR) is 52.1 cm³/mol. The topological polar surface area (TPSA) is 26.3 Å². The lowest BCUT2D eigenvalue weighted by Gasteiger charge is -2.38. The molecule has 1 unspecified atom stereocenters. The Hall–Kier alpha value is -0.153. The average Bonchev–Trinajstić information content (AvgIpc) is 2.05. The fourth-order valence-electron chi connectivity index (χ4n) is 1.96. The SMILES string of the molecule is CC(=O)C1([SiH](C)C)CCCCO1. The summed E-state index contributed by atoms with van der Waals surface area (Å²) in [5, 5.41) is -0.321. The number of rotatable bonds is 2. The van der Waals surface area contributed by atoms with Crippen LogP contribution in [0.4, 0.5) is 0 Å². The maximum absolute atomic E-state index is 11.5. The molecule has 1 saturated heterocycles. The fourth-order valence-corrected chi connectivity index (χ4v) is 4.00. The highest BCUT2D eigenvalue weighted by atomic mass is 28.3. The van der Waals surface area contributed by atoms with Gasteiger partial charge in [0.15, 0.2) is 5.78 Å². The van der Waals surface area contributed by atoms with Gasteiger partial charge in [-0.05, 0) is 26.2 Å². The van der Waals surface area contributed by atoms with Crippen LogP contribution in [0.3, 0.4) is 0 Å². The van der Waals surface area contributed by atoms with Gasteiger partial charge in [0, 0.05) is 6.61 Å². The van der Waals surface area contributed by atoms with Gasteiger partial charge in [-0.2, -0.15) is 0 Å². The van der Waals surface area contributed by atoms with E-state index in [1.165, 1.54) is 0 Å². The third kappa shape index (κ3) is 1.61. The van der Waals surface area contributed by atoms with Crippen LogP contribution in [-0.4, -0.2) is 26.4 Å². The first kappa shape index (κ1) is 9.93. The summed E-state index contributed by atoms with van der Waals surface area (Å²) < 4.78 is 5.70. The van der Waals surface area contributed by atoms with Gasteiger partial charge in [-0.25, -0.2) is 0 Å². The van der Waals surface area contributed by atoms with Gasteiger partial charge in [0.1, 0.15) is 5.22 Å². The molecule has 1 aliphatic heterocycles. The van der Waals surface area contributed by atoms with Crippen LogP contribution in [0.1, 0.15) is 26.2 Å². The highest BCUT2D eigenvalue weighted by Crippen LogP contribution is 2.28. The zero-order chi connectivity index (χ0) is 9.19. The maximum atomic E-state index is 11.5. The van der Waals surface area contributed by atoms with Crippen molar-refractivity contribution in [3.8, 4) is 0 Å². The first-order valence-corrected chi connectivity index (χ1v) is 7.63. The van der Waals surface area contributed by atoms with Gasteiger partial charge in [0.25, 0.3) is 0 Å². The van der Waals surface area contributed by atoms with Crippen LogP contribution in [-0.2, 0) is 9.53 Å². The Morgan fingerprint density at radius 3 is 2.33 bits per heavy atom. The maximum Gasteiger partial charge on any atom is 0.157 e. The Labute approximate surface area is 75.9 Å². The summed E-state index contributed by atoms with van der Waals surface area (Å²) in [7, 11) is -1.02. The summed E-state index contributed by atoms with van der Waals surface area (Å²) in [4.78, 5) is 11.5. The van der Waals surface area contributed by atoms with Crippen LogP contribution in [0.5, 0.6) is 0 Å². The van der Waals surface area contributed by atoms with E-state index in [-0.39, 0.29) is 11.0 Å². The Balaban J connectivity index is 2.77. The molecule has 1 rings (SSSR count). The largest absolute Gasteiger partial charge is 0.371 e. The molecule has 0 radical (unpaired) electrons. The van der Waals surface area contributed by atoms with Gasteiger partial charge >= 0.3 is 0 Å². The summed E-state index contributed by atoms with van der Waals surface area (Å²) in [5.41, 5.74) is 0. The third-order valence-corrected chi connectivity index (χ3v) is 5.56. The Morgan fingerprint density at radius 2 is 2.08 bits per heavy atom. The molecule has 3 heteroatoms.